The summed E-state index contributed by atoms with van der Waals surface area (Å²) in [5.41, 5.74) is 5.97. The molecule has 1 aliphatic rings. The van der Waals surface area contributed by atoms with Gasteiger partial charge in [-0.2, -0.15) is 0 Å². The number of thiophene rings is 1. The van der Waals surface area contributed by atoms with Crippen molar-refractivity contribution in [2.24, 2.45) is 11.7 Å². The van der Waals surface area contributed by atoms with E-state index in [0.717, 1.165) is 25.7 Å². The monoisotopic (exact) mass is 238 g/mol. The molecule has 1 aliphatic carbocycles. The van der Waals surface area contributed by atoms with Crippen molar-refractivity contribution in [2.45, 2.75) is 38.3 Å². The largest absolute Gasteiger partial charge is 0.351 e. The van der Waals surface area contributed by atoms with Crippen molar-refractivity contribution < 1.29 is 4.79 Å². The molecule has 0 aromatic carbocycles. The second-order valence-corrected chi connectivity index (χ2v) is 5.38. The predicted octanol–water partition coefficient (Wildman–Crippen LogP) is 1.88. The van der Waals surface area contributed by atoms with E-state index in [4.69, 9.17) is 5.73 Å². The van der Waals surface area contributed by atoms with Crippen molar-refractivity contribution in [2.75, 3.05) is 0 Å². The minimum atomic E-state index is 0.0220. The lowest BCUT2D eigenvalue weighted by Crippen LogP contribution is -2.43. The van der Waals surface area contributed by atoms with Crippen LogP contribution in [0.4, 0.5) is 0 Å². The van der Waals surface area contributed by atoms with Crippen LogP contribution in [0.25, 0.3) is 0 Å². The van der Waals surface area contributed by atoms with Crippen LogP contribution >= 0.6 is 11.3 Å². The molecule has 2 rings (SSSR count). The number of hydrogen-bond donors (Lipinski definition) is 2. The SMILES string of the molecule is NC1CCCCC1C(=O)NCc1cccs1. The normalized spacial score (nSPS) is 25.3. The van der Waals surface area contributed by atoms with Gasteiger partial charge in [-0.1, -0.05) is 18.9 Å². The predicted molar refractivity (Wildman–Crippen MR) is 66.1 cm³/mol. The van der Waals surface area contributed by atoms with Crippen molar-refractivity contribution in [1.82, 2.24) is 5.32 Å². The molecule has 3 nitrogen and oxygen atoms in total. The smallest absolute Gasteiger partial charge is 0.224 e. The molecule has 2 unspecified atom stereocenters. The maximum absolute atomic E-state index is 11.9. The summed E-state index contributed by atoms with van der Waals surface area (Å²) >= 11 is 1.67. The van der Waals surface area contributed by atoms with Gasteiger partial charge in [0.15, 0.2) is 0 Å². The van der Waals surface area contributed by atoms with E-state index in [1.54, 1.807) is 11.3 Å². The van der Waals surface area contributed by atoms with Crippen LogP contribution < -0.4 is 11.1 Å². The zero-order chi connectivity index (χ0) is 11.4. The molecule has 0 aliphatic heterocycles. The van der Waals surface area contributed by atoms with Gasteiger partial charge in [0.05, 0.1) is 12.5 Å². The third-order valence-corrected chi connectivity index (χ3v) is 4.05. The fourth-order valence-corrected chi connectivity index (χ4v) is 2.85. The number of nitrogens with two attached hydrogens (primary N) is 1. The van der Waals surface area contributed by atoms with Crippen molar-refractivity contribution >= 4 is 17.2 Å². The first-order chi connectivity index (χ1) is 7.77. The van der Waals surface area contributed by atoms with Crippen molar-refractivity contribution in [3.63, 3.8) is 0 Å². The maximum atomic E-state index is 11.9. The van der Waals surface area contributed by atoms with Crippen molar-refractivity contribution in [3.8, 4) is 0 Å². The maximum Gasteiger partial charge on any atom is 0.224 e. The Labute approximate surface area is 100 Å². The van der Waals surface area contributed by atoms with E-state index in [1.165, 1.54) is 4.88 Å². The van der Waals surface area contributed by atoms with Gasteiger partial charge in [-0.15, -0.1) is 11.3 Å². The fraction of sp³-hybridized carbons (Fsp3) is 0.583. The number of carbonyl (C=O) groups excluding carboxylic acids is 1. The van der Waals surface area contributed by atoms with Gasteiger partial charge in [-0.25, -0.2) is 0 Å². The number of hydrogen-bond acceptors (Lipinski definition) is 3. The Kier molecular flexibility index (Phi) is 3.96. The average molecular weight is 238 g/mol. The molecule has 1 aromatic rings. The lowest BCUT2D eigenvalue weighted by atomic mass is 9.84. The van der Waals surface area contributed by atoms with Gasteiger partial charge in [0, 0.05) is 10.9 Å². The zero-order valence-corrected chi connectivity index (χ0v) is 10.1. The lowest BCUT2D eigenvalue weighted by Gasteiger charge is -2.27. The highest BCUT2D eigenvalue weighted by Gasteiger charge is 2.27. The lowest BCUT2D eigenvalue weighted by molar-refractivity contribution is -0.126. The van der Waals surface area contributed by atoms with E-state index in [1.807, 2.05) is 17.5 Å². The van der Waals surface area contributed by atoms with E-state index < -0.39 is 0 Å². The Hall–Kier alpha value is -0.870. The molecule has 1 aromatic heterocycles. The first-order valence-electron chi connectivity index (χ1n) is 5.83. The zero-order valence-electron chi connectivity index (χ0n) is 9.32. The summed E-state index contributed by atoms with van der Waals surface area (Å²) in [6, 6.07) is 4.08. The summed E-state index contributed by atoms with van der Waals surface area (Å²) in [7, 11) is 0. The molecular weight excluding hydrogens is 220 g/mol. The Morgan fingerprint density at radius 2 is 2.31 bits per heavy atom. The molecule has 1 amide bonds. The van der Waals surface area contributed by atoms with Crippen molar-refractivity contribution in [1.29, 1.82) is 0 Å². The molecule has 0 saturated heterocycles. The van der Waals surface area contributed by atoms with Crippen molar-refractivity contribution in [3.05, 3.63) is 22.4 Å². The molecule has 1 saturated carbocycles. The summed E-state index contributed by atoms with van der Waals surface area (Å²) in [5.74, 6) is 0.148. The standard InChI is InChI=1S/C12H18N2OS/c13-11-6-2-1-5-10(11)12(15)14-8-9-4-3-7-16-9/h3-4,7,10-11H,1-2,5-6,8,13H2,(H,14,15). The molecule has 0 radical (unpaired) electrons. The van der Waals surface area contributed by atoms with Gasteiger partial charge in [-0.05, 0) is 24.3 Å². The van der Waals surface area contributed by atoms with Crippen LogP contribution in [0.1, 0.15) is 30.6 Å². The van der Waals surface area contributed by atoms with E-state index in [9.17, 15) is 4.79 Å². The highest BCUT2D eigenvalue weighted by atomic mass is 32.1. The van der Waals surface area contributed by atoms with E-state index in [-0.39, 0.29) is 17.9 Å². The van der Waals surface area contributed by atoms with E-state index >= 15 is 0 Å². The fourth-order valence-electron chi connectivity index (χ4n) is 2.20. The van der Waals surface area contributed by atoms with Gasteiger partial charge in [0.25, 0.3) is 0 Å². The van der Waals surface area contributed by atoms with Crippen LogP contribution in [0.3, 0.4) is 0 Å². The van der Waals surface area contributed by atoms with Gasteiger partial charge in [0.1, 0.15) is 0 Å². The molecule has 1 fully saturated rings. The molecule has 16 heavy (non-hydrogen) atoms. The molecule has 0 spiro atoms. The van der Waals surface area contributed by atoms with Gasteiger partial charge in [0.2, 0.25) is 5.91 Å². The second kappa shape index (κ2) is 5.46. The van der Waals surface area contributed by atoms with Crippen LogP contribution in [-0.2, 0) is 11.3 Å². The quantitative estimate of drug-likeness (QED) is 0.845. The summed E-state index contributed by atoms with van der Waals surface area (Å²) < 4.78 is 0. The first kappa shape index (κ1) is 11.6. The van der Waals surface area contributed by atoms with Gasteiger partial charge in [-0.3, -0.25) is 4.79 Å². The molecule has 4 heteroatoms. The summed E-state index contributed by atoms with van der Waals surface area (Å²) in [6.07, 6.45) is 4.22. The molecular formula is C12H18N2OS. The molecule has 2 atom stereocenters. The van der Waals surface area contributed by atoms with E-state index in [0.29, 0.717) is 6.54 Å². The summed E-state index contributed by atoms with van der Waals surface area (Å²) in [5, 5.41) is 5.00. The molecule has 88 valence electrons. The number of nitrogens with one attached hydrogen (secondary N) is 1. The van der Waals surface area contributed by atoms with E-state index in [2.05, 4.69) is 5.32 Å². The number of amides is 1. The van der Waals surface area contributed by atoms with Crippen LogP contribution in [0, 0.1) is 5.92 Å². The van der Waals surface area contributed by atoms with Gasteiger partial charge < -0.3 is 11.1 Å². The summed E-state index contributed by atoms with van der Waals surface area (Å²) in [6.45, 7) is 0.639. The Morgan fingerprint density at radius 3 is 3.00 bits per heavy atom. The Balaban J connectivity index is 1.83. The first-order valence-corrected chi connectivity index (χ1v) is 6.71. The van der Waals surface area contributed by atoms with Crippen LogP contribution in [-0.4, -0.2) is 11.9 Å². The molecule has 3 N–H and O–H groups in total. The third kappa shape index (κ3) is 2.83. The Morgan fingerprint density at radius 1 is 1.50 bits per heavy atom. The Bertz CT molecular complexity index is 337. The third-order valence-electron chi connectivity index (χ3n) is 3.17. The highest BCUT2D eigenvalue weighted by Crippen LogP contribution is 2.23. The highest BCUT2D eigenvalue weighted by molar-refractivity contribution is 7.09. The second-order valence-electron chi connectivity index (χ2n) is 4.35. The van der Waals surface area contributed by atoms with Crippen LogP contribution in [0.2, 0.25) is 0 Å². The minimum absolute atomic E-state index is 0.0220. The van der Waals surface area contributed by atoms with Crippen LogP contribution in [0.15, 0.2) is 17.5 Å². The molecule has 1 heterocycles. The topological polar surface area (TPSA) is 55.1 Å². The minimum Gasteiger partial charge on any atom is -0.351 e. The summed E-state index contributed by atoms with van der Waals surface area (Å²) in [4.78, 5) is 13.1. The van der Waals surface area contributed by atoms with Gasteiger partial charge >= 0.3 is 0 Å². The average Bonchev–Trinajstić information content (AvgIpc) is 2.79. The number of carbonyl (C=O) groups is 1. The van der Waals surface area contributed by atoms with Crippen LogP contribution in [0.5, 0.6) is 0 Å². The molecule has 0 bridgehead atoms. The number of rotatable bonds is 3.